The summed E-state index contributed by atoms with van der Waals surface area (Å²) in [7, 11) is 0. The summed E-state index contributed by atoms with van der Waals surface area (Å²) in [5.74, 6) is 0.511. The fraction of sp³-hybridized carbons (Fsp3) is 0.261. The van der Waals surface area contributed by atoms with Gasteiger partial charge >= 0.3 is 0 Å². The number of para-hydroxylation sites is 1. The highest BCUT2D eigenvalue weighted by molar-refractivity contribution is 5.78. The first kappa shape index (κ1) is 19.8. The molecule has 2 aromatic carbocycles. The van der Waals surface area contributed by atoms with Crippen LogP contribution < -0.4 is 10.5 Å². The number of carbonyl (C=O) groups excluding carboxylic acids is 1. The minimum atomic E-state index is -0.301. The summed E-state index contributed by atoms with van der Waals surface area (Å²) < 4.78 is 19.0. The third-order valence-corrected chi connectivity index (χ3v) is 5.26. The Morgan fingerprint density at radius 1 is 1.17 bits per heavy atom. The molecule has 30 heavy (non-hydrogen) atoms. The number of halogens is 1. The van der Waals surface area contributed by atoms with E-state index in [2.05, 4.69) is 9.97 Å². The van der Waals surface area contributed by atoms with E-state index in [-0.39, 0.29) is 30.2 Å². The summed E-state index contributed by atoms with van der Waals surface area (Å²) in [6.07, 6.45) is 3.41. The fourth-order valence-electron chi connectivity index (χ4n) is 3.75. The second kappa shape index (κ2) is 8.90. The van der Waals surface area contributed by atoms with Crippen LogP contribution in [0.4, 0.5) is 10.3 Å². The Balaban J connectivity index is 1.51. The second-order valence-electron chi connectivity index (χ2n) is 7.31. The predicted molar refractivity (Wildman–Crippen MR) is 112 cm³/mol. The number of amides is 1. The van der Waals surface area contributed by atoms with Crippen LogP contribution in [0.2, 0.25) is 0 Å². The smallest absolute Gasteiger partial charge is 0.260 e. The second-order valence-corrected chi connectivity index (χ2v) is 7.31. The Hall–Kier alpha value is -3.48. The van der Waals surface area contributed by atoms with Gasteiger partial charge < -0.3 is 15.4 Å². The number of carbonyl (C=O) groups is 1. The number of hydrogen-bond acceptors (Lipinski definition) is 5. The molecule has 0 spiro atoms. The predicted octanol–water partition coefficient (Wildman–Crippen LogP) is 3.65. The molecule has 154 valence electrons. The molecule has 0 saturated carbocycles. The normalized spacial score (nSPS) is 16.3. The van der Waals surface area contributed by atoms with E-state index in [1.165, 1.54) is 12.1 Å². The minimum absolute atomic E-state index is 0.00648. The van der Waals surface area contributed by atoms with Gasteiger partial charge in [0.25, 0.3) is 5.91 Å². The topological polar surface area (TPSA) is 81.3 Å². The van der Waals surface area contributed by atoms with Gasteiger partial charge in [-0.2, -0.15) is 0 Å². The van der Waals surface area contributed by atoms with Crippen LogP contribution in [0, 0.1) is 5.82 Å². The highest BCUT2D eigenvalue weighted by Gasteiger charge is 2.28. The van der Waals surface area contributed by atoms with Gasteiger partial charge in [-0.1, -0.05) is 30.3 Å². The van der Waals surface area contributed by atoms with Crippen molar-refractivity contribution in [1.82, 2.24) is 14.9 Å². The van der Waals surface area contributed by atoms with E-state index in [0.29, 0.717) is 18.8 Å². The first-order valence-corrected chi connectivity index (χ1v) is 9.94. The molecular weight excluding hydrogens is 383 g/mol. The monoisotopic (exact) mass is 406 g/mol. The number of nitrogens with two attached hydrogens (primary N) is 1. The van der Waals surface area contributed by atoms with Crippen molar-refractivity contribution in [2.24, 2.45) is 0 Å². The molecule has 2 N–H and O–H groups in total. The summed E-state index contributed by atoms with van der Waals surface area (Å²) in [6, 6.07) is 15.5. The number of nitrogens with zero attached hydrogens (tertiary/aromatic N) is 3. The number of rotatable bonds is 5. The highest BCUT2D eigenvalue weighted by atomic mass is 19.1. The standard InChI is InChI=1S/C23H23FN4O2/c24-18-10-8-16(9-11-18)20-13-26-23(25)27-22(20)17-5-4-12-28(14-17)21(29)15-30-19-6-2-1-3-7-19/h1-3,6-11,13,17H,4-5,12,14-15H2,(H2,25,26,27). The molecule has 0 bridgehead atoms. The van der Waals surface area contributed by atoms with Crippen molar-refractivity contribution in [2.45, 2.75) is 18.8 Å². The largest absolute Gasteiger partial charge is 0.484 e. The van der Waals surface area contributed by atoms with Crippen LogP contribution in [0.25, 0.3) is 11.1 Å². The Morgan fingerprint density at radius 2 is 1.93 bits per heavy atom. The van der Waals surface area contributed by atoms with Crippen molar-refractivity contribution in [3.8, 4) is 16.9 Å². The SMILES string of the molecule is Nc1ncc(-c2ccc(F)cc2)c(C2CCCN(C(=O)COc3ccccc3)C2)n1. The Labute approximate surface area is 174 Å². The van der Waals surface area contributed by atoms with E-state index in [1.54, 1.807) is 18.3 Å². The number of likely N-dealkylation sites (tertiary alicyclic amines) is 1. The van der Waals surface area contributed by atoms with Crippen LogP contribution in [-0.4, -0.2) is 40.5 Å². The van der Waals surface area contributed by atoms with Gasteiger partial charge in [-0.05, 0) is 42.7 Å². The lowest BCUT2D eigenvalue weighted by Crippen LogP contribution is -2.41. The number of hydrogen-bond donors (Lipinski definition) is 1. The molecular formula is C23H23FN4O2. The van der Waals surface area contributed by atoms with E-state index in [1.807, 2.05) is 35.2 Å². The van der Waals surface area contributed by atoms with E-state index in [4.69, 9.17) is 10.5 Å². The molecule has 0 radical (unpaired) electrons. The Bertz CT molecular complexity index is 1010. The molecule has 7 heteroatoms. The van der Waals surface area contributed by atoms with E-state index >= 15 is 0 Å². The van der Waals surface area contributed by atoms with Crippen LogP contribution >= 0.6 is 0 Å². The van der Waals surface area contributed by atoms with Gasteiger partial charge in [0.15, 0.2) is 6.61 Å². The molecule has 3 aromatic rings. The van der Waals surface area contributed by atoms with Crippen molar-refractivity contribution in [2.75, 3.05) is 25.4 Å². The summed E-state index contributed by atoms with van der Waals surface area (Å²) in [4.78, 5) is 23.1. The zero-order chi connectivity index (χ0) is 20.9. The molecule has 4 rings (SSSR count). The van der Waals surface area contributed by atoms with E-state index in [0.717, 1.165) is 29.7 Å². The highest BCUT2D eigenvalue weighted by Crippen LogP contribution is 2.33. The third kappa shape index (κ3) is 4.56. The van der Waals surface area contributed by atoms with Gasteiger partial charge in [0.1, 0.15) is 11.6 Å². The molecule has 1 saturated heterocycles. The van der Waals surface area contributed by atoms with Gasteiger partial charge in [0.05, 0.1) is 5.69 Å². The molecule has 1 unspecified atom stereocenters. The third-order valence-electron chi connectivity index (χ3n) is 5.26. The van der Waals surface area contributed by atoms with E-state index < -0.39 is 0 Å². The van der Waals surface area contributed by atoms with Gasteiger partial charge in [0.2, 0.25) is 5.95 Å². The summed E-state index contributed by atoms with van der Waals surface area (Å²) in [5.41, 5.74) is 8.28. The van der Waals surface area contributed by atoms with Gasteiger partial charge in [0, 0.05) is 30.8 Å². The lowest BCUT2D eigenvalue weighted by Gasteiger charge is -2.33. The molecule has 6 nitrogen and oxygen atoms in total. The number of anilines is 1. The number of piperidine rings is 1. The molecule has 1 aromatic heterocycles. The molecule has 1 atom stereocenters. The first-order valence-electron chi connectivity index (χ1n) is 9.94. The molecule has 1 aliphatic rings. The maximum atomic E-state index is 13.3. The number of ether oxygens (including phenoxy) is 1. The maximum absolute atomic E-state index is 13.3. The molecule has 2 heterocycles. The van der Waals surface area contributed by atoms with Crippen molar-refractivity contribution in [1.29, 1.82) is 0 Å². The van der Waals surface area contributed by atoms with Crippen molar-refractivity contribution < 1.29 is 13.9 Å². The zero-order valence-electron chi connectivity index (χ0n) is 16.5. The van der Waals surface area contributed by atoms with Crippen molar-refractivity contribution >= 4 is 11.9 Å². The summed E-state index contributed by atoms with van der Waals surface area (Å²) in [5, 5.41) is 0. The lowest BCUT2D eigenvalue weighted by molar-refractivity contribution is -0.134. The van der Waals surface area contributed by atoms with Gasteiger partial charge in [-0.3, -0.25) is 4.79 Å². The quantitative estimate of drug-likeness (QED) is 0.700. The lowest BCUT2D eigenvalue weighted by atomic mass is 9.90. The number of nitrogen functional groups attached to an aromatic ring is 1. The van der Waals surface area contributed by atoms with Crippen LogP contribution in [0.1, 0.15) is 24.5 Å². The van der Waals surface area contributed by atoms with Crippen molar-refractivity contribution in [3.63, 3.8) is 0 Å². The molecule has 1 amide bonds. The van der Waals surface area contributed by atoms with Crippen LogP contribution in [0.5, 0.6) is 5.75 Å². The van der Waals surface area contributed by atoms with Gasteiger partial charge in [-0.25, -0.2) is 14.4 Å². The summed E-state index contributed by atoms with van der Waals surface area (Å²) >= 11 is 0. The fourth-order valence-corrected chi connectivity index (χ4v) is 3.75. The molecule has 1 aliphatic heterocycles. The number of benzene rings is 2. The molecule has 1 fully saturated rings. The maximum Gasteiger partial charge on any atom is 0.260 e. The Kier molecular flexibility index (Phi) is 5.88. The Morgan fingerprint density at radius 3 is 2.70 bits per heavy atom. The molecule has 0 aliphatic carbocycles. The first-order chi connectivity index (χ1) is 14.6. The van der Waals surface area contributed by atoms with Crippen LogP contribution in [-0.2, 0) is 4.79 Å². The average molecular weight is 406 g/mol. The van der Waals surface area contributed by atoms with Gasteiger partial charge in [-0.15, -0.1) is 0 Å². The van der Waals surface area contributed by atoms with Crippen LogP contribution in [0.15, 0.2) is 60.8 Å². The van der Waals surface area contributed by atoms with Crippen molar-refractivity contribution in [3.05, 3.63) is 72.3 Å². The van der Waals surface area contributed by atoms with Crippen LogP contribution in [0.3, 0.4) is 0 Å². The minimum Gasteiger partial charge on any atom is -0.484 e. The number of aromatic nitrogens is 2. The van der Waals surface area contributed by atoms with E-state index in [9.17, 15) is 9.18 Å². The zero-order valence-corrected chi connectivity index (χ0v) is 16.5. The average Bonchev–Trinajstić information content (AvgIpc) is 2.79. The summed E-state index contributed by atoms with van der Waals surface area (Å²) in [6.45, 7) is 1.20.